The van der Waals surface area contributed by atoms with Gasteiger partial charge in [0, 0.05) is 12.3 Å². The molecule has 2 rings (SSSR count). The van der Waals surface area contributed by atoms with Gasteiger partial charge in [0.25, 0.3) is 0 Å². The van der Waals surface area contributed by atoms with Crippen LogP contribution in [0.4, 0.5) is 9.52 Å². The Balaban J connectivity index is 2.04. The standard InChI is InChI=1S/C11H12FN3OS/c1-7-2-3-8(12)4-10(7)16-6-9-5-14-11(15-13)17-9/h2-5H,6,13H2,1H3,(H,14,15). The molecular weight excluding hydrogens is 241 g/mol. The minimum atomic E-state index is -0.306. The van der Waals surface area contributed by atoms with Crippen molar-refractivity contribution >= 4 is 16.5 Å². The molecule has 0 radical (unpaired) electrons. The Labute approximate surface area is 102 Å². The Morgan fingerprint density at radius 1 is 1.53 bits per heavy atom. The highest BCUT2D eigenvalue weighted by Gasteiger charge is 2.04. The fraction of sp³-hybridized carbons (Fsp3) is 0.182. The summed E-state index contributed by atoms with van der Waals surface area (Å²) in [5, 5.41) is 0.625. The molecule has 1 heterocycles. The number of nitrogens with one attached hydrogen (secondary N) is 1. The van der Waals surface area contributed by atoms with Gasteiger partial charge in [0.2, 0.25) is 0 Å². The van der Waals surface area contributed by atoms with Crippen LogP contribution in [0.1, 0.15) is 10.4 Å². The summed E-state index contributed by atoms with van der Waals surface area (Å²) in [6.45, 7) is 2.22. The van der Waals surface area contributed by atoms with Crippen molar-refractivity contribution in [2.45, 2.75) is 13.5 Å². The van der Waals surface area contributed by atoms with E-state index in [0.29, 0.717) is 17.5 Å². The van der Waals surface area contributed by atoms with E-state index in [1.54, 1.807) is 12.3 Å². The van der Waals surface area contributed by atoms with Gasteiger partial charge < -0.3 is 4.74 Å². The lowest BCUT2D eigenvalue weighted by molar-refractivity contribution is 0.305. The van der Waals surface area contributed by atoms with Crippen LogP contribution < -0.4 is 16.0 Å². The molecule has 0 amide bonds. The van der Waals surface area contributed by atoms with Gasteiger partial charge in [-0.2, -0.15) is 0 Å². The fourth-order valence-corrected chi connectivity index (χ4v) is 1.96. The van der Waals surface area contributed by atoms with Gasteiger partial charge in [-0.15, -0.1) is 0 Å². The van der Waals surface area contributed by atoms with Crippen molar-refractivity contribution in [1.29, 1.82) is 0 Å². The molecule has 4 nitrogen and oxygen atoms in total. The third-order valence-electron chi connectivity index (χ3n) is 2.20. The molecule has 90 valence electrons. The summed E-state index contributed by atoms with van der Waals surface area (Å²) < 4.78 is 18.5. The second-order valence-corrected chi connectivity index (χ2v) is 4.59. The van der Waals surface area contributed by atoms with Crippen LogP contribution in [-0.2, 0) is 6.61 Å². The van der Waals surface area contributed by atoms with Gasteiger partial charge in [-0.1, -0.05) is 17.4 Å². The van der Waals surface area contributed by atoms with Crippen molar-refractivity contribution in [2.75, 3.05) is 5.43 Å². The fourth-order valence-electron chi connectivity index (χ4n) is 1.32. The second-order valence-electron chi connectivity index (χ2n) is 3.47. The van der Waals surface area contributed by atoms with Gasteiger partial charge in [-0.3, -0.25) is 5.43 Å². The molecule has 0 fully saturated rings. The summed E-state index contributed by atoms with van der Waals surface area (Å²) in [5.41, 5.74) is 3.35. The molecule has 0 saturated carbocycles. The predicted octanol–water partition coefficient (Wildman–Crippen LogP) is 2.46. The molecule has 2 aromatic rings. The van der Waals surface area contributed by atoms with E-state index < -0.39 is 0 Å². The van der Waals surface area contributed by atoms with Crippen molar-refractivity contribution in [3.05, 3.63) is 40.7 Å². The number of ether oxygens (including phenoxy) is 1. The first-order valence-corrected chi connectivity index (χ1v) is 5.81. The number of rotatable bonds is 4. The summed E-state index contributed by atoms with van der Waals surface area (Å²) in [6.07, 6.45) is 1.68. The SMILES string of the molecule is Cc1ccc(F)cc1OCc1cnc(NN)s1. The average molecular weight is 253 g/mol. The predicted molar refractivity (Wildman–Crippen MR) is 65.4 cm³/mol. The first kappa shape index (κ1) is 11.8. The van der Waals surface area contributed by atoms with Crippen molar-refractivity contribution in [3.8, 4) is 5.75 Å². The number of hydrogen-bond acceptors (Lipinski definition) is 5. The van der Waals surface area contributed by atoms with Gasteiger partial charge in [0.1, 0.15) is 18.2 Å². The number of benzene rings is 1. The van der Waals surface area contributed by atoms with Gasteiger partial charge in [-0.25, -0.2) is 15.2 Å². The summed E-state index contributed by atoms with van der Waals surface area (Å²) in [5.74, 6) is 5.46. The maximum atomic E-state index is 13.0. The van der Waals surface area contributed by atoms with E-state index in [1.807, 2.05) is 6.92 Å². The van der Waals surface area contributed by atoms with Crippen LogP contribution in [0.2, 0.25) is 0 Å². The van der Waals surface area contributed by atoms with Crippen LogP contribution in [0, 0.1) is 12.7 Å². The molecule has 0 atom stereocenters. The summed E-state index contributed by atoms with van der Waals surface area (Å²) >= 11 is 1.40. The maximum Gasteiger partial charge on any atom is 0.197 e. The summed E-state index contributed by atoms with van der Waals surface area (Å²) in [6, 6.07) is 4.47. The Hall–Kier alpha value is -1.66. The van der Waals surface area contributed by atoms with Gasteiger partial charge >= 0.3 is 0 Å². The van der Waals surface area contributed by atoms with Crippen LogP contribution in [0.15, 0.2) is 24.4 Å². The number of nitrogens with zero attached hydrogens (tertiary/aromatic N) is 1. The third kappa shape index (κ3) is 2.92. The highest BCUT2D eigenvalue weighted by Crippen LogP contribution is 2.22. The minimum Gasteiger partial charge on any atom is -0.488 e. The van der Waals surface area contributed by atoms with E-state index >= 15 is 0 Å². The molecule has 0 spiro atoms. The smallest absolute Gasteiger partial charge is 0.197 e. The number of hydrazine groups is 1. The van der Waals surface area contributed by atoms with Crippen molar-refractivity contribution < 1.29 is 9.13 Å². The van der Waals surface area contributed by atoms with E-state index in [-0.39, 0.29) is 5.82 Å². The first-order valence-electron chi connectivity index (χ1n) is 4.99. The maximum absolute atomic E-state index is 13.0. The van der Waals surface area contributed by atoms with Gasteiger partial charge in [0.05, 0.1) is 4.88 Å². The van der Waals surface area contributed by atoms with Crippen LogP contribution >= 0.6 is 11.3 Å². The van der Waals surface area contributed by atoms with Crippen LogP contribution in [0.3, 0.4) is 0 Å². The summed E-state index contributed by atoms with van der Waals surface area (Å²) in [7, 11) is 0. The Bertz CT molecular complexity index is 515. The van der Waals surface area contributed by atoms with Crippen molar-refractivity contribution in [3.63, 3.8) is 0 Å². The van der Waals surface area contributed by atoms with Gasteiger partial charge in [0.15, 0.2) is 5.13 Å². The average Bonchev–Trinajstić information content (AvgIpc) is 2.78. The molecule has 0 aliphatic rings. The Kier molecular flexibility index (Phi) is 3.55. The lowest BCUT2D eigenvalue weighted by Gasteiger charge is -2.07. The van der Waals surface area contributed by atoms with Crippen LogP contribution in [0.5, 0.6) is 5.75 Å². The molecule has 1 aromatic carbocycles. The molecule has 0 aliphatic heterocycles. The topological polar surface area (TPSA) is 60.2 Å². The minimum absolute atomic E-state index is 0.306. The van der Waals surface area contributed by atoms with Crippen molar-refractivity contribution in [1.82, 2.24) is 4.98 Å². The lowest BCUT2D eigenvalue weighted by Crippen LogP contribution is -2.05. The van der Waals surface area contributed by atoms with Crippen LogP contribution in [-0.4, -0.2) is 4.98 Å². The molecule has 1 aromatic heterocycles. The monoisotopic (exact) mass is 253 g/mol. The first-order chi connectivity index (χ1) is 8.19. The second kappa shape index (κ2) is 5.11. The zero-order valence-corrected chi connectivity index (χ0v) is 10.1. The van der Waals surface area contributed by atoms with Gasteiger partial charge in [-0.05, 0) is 18.6 Å². The zero-order valence-electron chi connectivity index (χ0n) is 9.24. The van der Waals surface area contributed by atoms with E-state index in [4.69, 9.17) is 10.6 Å². The van der Waals surface area contributed by atoms with Crippen molar-refractivity contribution in [2.24, 2.45) is 5.84 Å². The number of hydrogen-bond donors (Lipinski definition) is 2. The highest BCUT2D eigenvalue weighted by molar-refractivity contribution is 7.15. The number of aryl methyl sites for hydroxylation is 1. The third-order valence-corrected chi connectivity index (χ3v) is 3.10. The number of thiazole rings is 1. The highest BCUT2D eigenvalue weighted by atomic mass is 32.1. The number of halogens is 1. The molecular formula is C11H12FN3OS. The number of anilines is 1. The van der Waals surface area contributed by atoms with E-state index in [2.05, 4.69) is 10.4 Å². The molecule has 0 bridgehead atoms. The van der Waals surface area contributed by atoms with Crippen LogP contribution in [0.25, 0.3) is 0 Å². The molecule has 6 heteroatoms. The van der Waals surface area contributed by atoms with E-state index in [1.165, 1.54) is 23.5 Å². The quantitative estimate of drug-likeness (QED) is 0.649. The van der Waals surface area contributed by atoms with E-state index in [9.17, 15) is 4.39 Å². The van der Waals surface area contributed by atoms with E-state index in [0.717, 1.165) is 10.4 Å². The molecule has 0 unspecified atom stereocenters. The zero-order chi connectivity index (χ0) is 12.3. The number of nitrogens with two attached hydrogens (primary N) is 1. The summed E-state index contributed by atoms with van der Waals surface area (Å²) in [4.78, 5) is 4.93. The Morgan fingerprint density at radius 3 is 3.06 bits per heavy atom. The normalized spacial score (nSPS) is 10.3. The molecule has 0 aliphatic carbocycles. The molecule has 17 heavy (non-hydrogen) atoms. The lowest BCUT2D eigenvalue weighted by atomic mass is 10.2. The molecule has 0 saturated heterocycles. The molecule has 3 N–H and O–H groups in total. The number of aromatic nitrogens is 1. The largest absolute Gasteiger partial charge is 0.488 e. The number of nitrogen functional groups attached to an aromatic ring is 1. The Morgan fingerprint density at radius 2 is 2.35 bits per heavy atom.